The summed E-state index contributed by atoms with van der Waals surface area (Å²) >= 11 is 0. The second-order valence-electron chi connectivity index (χ2n) is 6.46. The first-order valence-electron chi connectivity index (χ1n) is 9.09. The number of rotatable bonds is 8. The van der Waals surface area contributed by atoms with E-state index in [4.69, 9.17) is 14.2 Å². The van der Waals surface area contributed by atoms with Gasteiger partial charge in [-0.3, -0.25) is 4.90 Å². The molecule has 0 saturated carbocycles. The van der Waals surface area contributed by atoms with Gasteiger partial charge in [0.15, 0.2) is 11.5 Å². The normalized spacial score (nSPS) is 15.0. The molecule has 2 aromatic rings. The van der Waals surface area contributed by atoms with E-state index in [0.29, 0.717) is 12.4 Å². The Bertz CT molecular complexity index is 684. The lowest BCUT2D eigenvalue weighted by Crippen LogP contribution is -2.36. The molecule has 0 aromatic heterocycles. The van der Waals surface area contributed by atoms with Gasteiger partial charge in [-0.1, -0.05) is 18.2 Å². The molecule has 1 saturated heterocycles. The van der Waals surface area contributed by atoms with Gasteiger partial charge in [-0.2, -0.15) is 0 Å². The number of halogens is 1. The molecule has 1 heterocycles. The summed E-state index contributed by atoms with van der Waals surface area (Å²) in [5.74, 6) is 1.19. The van der Waals surface area contributed by atoms with Gasteiger partial charge in [0.25, 0.3) is 0 Å². The Labute approximate surface area is 154 Å². The number of ether oxygens (including phenoxy) is 3. The van der Waals surface area contributed by atoms with Crippen LogP contribution in [0.1, 0.15) is 17.5 Å². The van der Waals surface area contributed by atoms with Crippen molar-refractivity contribution in [2.75, 3.05) is 40.0 Å². The maximum Gasteiger partial charge on any atom is 0.161 e. The number of nitrogens with zero attached hydrogens (tertiary/aromatic N) is 1. The van der Waals surface area contributed by atoms with E-state index in [1.54, 1.807) is 19.2 Å². The Morgan fingerprint density at radius 2 is 1.73 bits per heavy atom. The van der Waals surface area contributed by atoms with Crippen molar-refractivity contribution in [3.05, 3.63) is 59.4 Å². The van der Waals surface area contributed by atoms with Gasteiger partial charge >= 0.3 is 0 Å². The van der Waals surface area contributed by atoms with Crippen LogP contribution in [-0.4, -0.2) is 44.9 Å². The number of hydrogen-bond acceptors (Lipinski definition) is 4. The molecular formula is C21H26FNO3. The van der Waals surface area contributed by atoms with Crippen molar-refractivity contribution in [3.63, 3.8) is 0 Å². The first-order valence-corrected chi connectivity index (χ1v) is 9.09. The first-order chi connectivity index (χ1) is 12.7. The molecular weight excluding hydrogens is 333 g/mol. The van der Waals surface area contributed by atoms with Crippen LogP contribution < -0.4 is 9.47 Å². The third-order valence-electron chi connectivity index (χ3n) is 4.58. The highest BCUT2D eigenvalue weighted by atomic mass is 19.1. The van der Waals surface area contributed by atoms with Gasteiger partial charge in [0, 0.05) is 13.1 Å². The number of hydrogen-bond donors (Lipinski definition) is 0. The number of morpholine rings is 1. The Hall–Kier alpha value is -2.11. The summed E-state index contributed by atoms with van der Waals surface area (Å²) in [4.78, 5) is 2.44. The summed E-state index contributed by atoms with van der Waals surface area (Å²) in [7, 11) is 1.64. The molecule has 0 atom stereocenters. The van der Waals surface area contributed by atoms with E-state index >= 15 is 0 Å². The third kappa shape index (κ3) is 5.44. The van der Waals surface area contributed by atoms with Crippen LogP contribution in [-0.2, 0) is 17.8 Å². The van der Waals surface area contributed by atoms with Crippen molar-refractivity contribution in [1.29, 1.82) is 0 Å². The minimum atomic E-state index is -0.242. The Balaban J connectivity index is 1.55. The fourth-order valence-electron chi connectivity index (χ4n) is 3.06. The molecule has 0 unspecified atom stereocenters. The van der Waals surface area contributed by atoms with Crippen LogP contribution in [0.4, 0.5) is 4.39 Å². The second-order valence-corrected chi connectivity index (χ2v) is 6.46. The Morgan fingerprint density at radius 1 is 1.00 bits per heavy atom. The van der Waals surface area contributed by atoms with Gasteiger partial charge in [-0.15, -0.1) is 0 Å². The zero-order valence-electron chi connectivity index (χ0n) is 15.2. The molecule has 1 aliphatic heterocycles. The lowest BCUT2D eigenvalue weighted by Gasteiger charge is -2.26. The van der Waals surface area contributed by atoms with Crippen LogP contribution in [0, 0.1) is 5.82 Å². The second kappa shape index (κ2) is 9.55. The van der Waals surface area contributed by atoms with Crippen LogP contribution in [0.2, 0.25) is 0 Å². The van der Waals surface area contributed by atoms with Crippen molar-refractivity contribution in [2.24, 2.45) is 0 Å². The average molecular weight is 359 g/mol. The van der Waals surface area contributed by atoms with Crippen molar-refractivity contribution in [2.45, 2.75) is 19.4 Å². The molecule has 1 aliphatic rings. The molecule has 0 spiro atoms. The number of methoxy groups -OCH3 is 1. The van der Waals surface area contributed by atoms with E-state index in [1.165, 1.54) is 17.7 Å². The highest BCUT2D eigenvalue weighted by molar-refractivity contribution is 5.43. The van der Waals surface area contributed by atoms with Gasteiger partial charge in [0.1, 0.15) is 12.4 Å². The molecule has 140 valence electrons. The van der Waals surface area contributed by atoms with E-state index in [0.717, 1.165) is 57.0 Å². The van der Waals surface area contributed by atoms with Gasteiger partial charge in [0.05, 0.1) is 20.3 Å². The fraction of sp³-hybridized carbons (Fsp3) is 0.429. The summed E-state index contributed by atoms with van der Waals surface area (Å²) < 4.78 is 29.7. The van der Waals surface area contributed by atoms with Gasteiger partial charge in [-0.05, 0) is 54.8 Å². The highest BCUT2D eigenvalue weighted by Gasteiger charge is 2.11. The highest BCUT2D eigenvalue weighted by Crippen LogP contribution is 2.29. The van der Waals surface area contributed by atoms with Gasteiger partial charge < -0.3 is 14.2 Å². The monoisotopic (exact) mass is 359 g/mol. The zero-order chi connectivity index (χ0) is 18.2. The summed E-state index contributed by atoms with van der Waals surface area (Å²) in [6, 6.07) is 12.4. The predicted molar refractivity (Wildman–Crippen MR) is 99.3 cm³/mol. The topological polar surface area (TPSA) is 30.9 Å². The van der Waals surface area contributed by atoms with E-state index in [1.807, 2.05) is 12.1 Å². The van der Waals surface area contributed by atoms with Crippen molar-refractivity contribution >= 4 is 0 Å². The van der Waals surface area contributed by atoms with Gasteiger partial charge in [-0.25, -0.2) is 4.39 Å². The average Bonchev–Trinajstić information content (AvgIpc) is 2.68. The van der Waals surface area contributed by atoms with E-state index in [2.05, 4.69) is 11.0 Å². The molecule has 3 rings (SSSR count). The molecule has 26 heavy (non-hydrogen) atoms. The molecule has 0 N–H and O–H groups in total. The molecule has 0 radical (unpaired) electrons. The minimum Gasteiger partial charge on any atom is -0.493 e. The minimum absolute atomic E-state index is 0.242. The molecule has 5 heteroatoms. The third-order valence-corrected chi connectivity index (χ3v) is 4.58. The van der Waals surface area contributed by atoms with Gasteiger partial charge in [0.2, 0.25) is 0 Å². The van der Waals surface area contributed by atoms with Crippen molar-refractivity contribution in [3.8, 4) is 11.5 Å². The van der Waals surface area contributed by atoms with Crippen molar-refractivity contribution in [1.82, 2.24) is 4.90 Å². The van der Waals surface area contributed by atoms with Crippen LogP contribution in [0.3, 0.4) is 0 Å². The maximum absolute atomic E-state index is 13.0. The SMILES string of the molecule is COc1ccc(CCCN2CCOCC2)cc1OCc1ccc(F)cc1. The summed E-state index contributed by atoms with van der Waals surface area (Å²) in [5.41, 5.74) is 2.15. The lowest BCUT2D eigenvalue weighted by molar-refractivity contribution is 0.0374. The predicted octanol–water partition coefficient (Wildman–Crippen LogP) is 3.68. The van der Waals surface area contributed by atoms with Crippen LogP contribution >= 0.6 is 0 Å². The summed E-state index contributed by atoms with van der Waals surface area (Å²) in [6.07, 6.45) is 2.10. The smallest absolute Gasteiger partial charge is 0.161 e. The quantitative estimate of drug-likeness (QED) is 0.719. The summed E-state index contributed by atoms with van der Waals surface area (Å²) in [5, 5.41) is 0. The van der Waals surface area contributed by atoms with Crippen molar-refractivity contribution < 1.29 is 18.6 Å². The molecule has 0 aliphatic carbocycles. The lowest BCUT2D eigenvalue weighted by atomic mass is 10.1. The van der Waals surface area contributed by atoms with E-state index < -0.39 is 0 Å². The summed E-state index contributed by atoms with van der Waals surface area (Å²) in [6.45, 7) is 5.19. The van der Waals surface area contributed by atoms with E-state index in [9.17, 15) is 4.39 Å². The fourth-order valence-corrected chi connectivity index (χ4v) is 3.06. The molecule has 0 amide bonds. The largest absolute Gasteiger partial charge is 0.493 e. The Morgan fingerprint density at radius 3 is 2.46 bits per heavy atom. The molecule has 0 bridgehead atoms. The van der Waals surface area contributed by atoms with Crippen LogP contribution in [0.15, 0.2) is 42.5 Å². The molecule has 1 fully saturated rings. The molecule has 4 nitrogen and oxygen atoms in total. The standard InChI is InChI=1S/C21H26FNO3/c1-24-20-9-6-17(3-2-10-23-11-13-25-14-12-23)15-21(20)26-16-18-4-7-19(22)8-5-18/h4-9,15H,2-3,10-14,16H2,1H3. The number of aryl methyl sites for hydroxylation is 1. The zero-order valence-corrected chi connectivity index (χ0v) is 15.2. The van der Waals surface area contributed by atoms with Crippen LogP contribution in [0.25, 0.3) is 0 Å². The van der Waals surface area contributed by atoms with Crippen LogP contribution in [0.5, 0.6) is 11.5 Å². The Kier molecular flexibility index (Phi) is 6.86. The maximum atomic E-state index is 13.0. The molecule has 2 aromatic carbocycles. The van der Waals surface area contributed by atoms with E-state index in [-0.39, 0.29) is 5.82 Å². The number of benzene rings is 2. The first kappa shape index (κ1) is 18.7.